The molecule has 3 nitrogen and oxygen atoms in total. The minimum atomic E-state index is -4.50. The lowest BCUT2D eigenvalue weighted by Gasteiger charge is -2.31. The summed E-state index contributed by atoms with van der Waals surface area (Å²) in [5, 5.41) is 0.222. The Morgan fingerprint density at radius 2 is 1.77 bits per heavy atom. The van der Waals surface area contributed by atoms with Crippen molar-refractivity contribution in [1.29, 1.82) is 0 Å². The Labute approximate surface area is 203 Å². The van der Waals surface area contributed by atoms with Gasteiger partial charge in [0.25, 0.3) is 0 Å². The normalized spacial score (nSPS) is 13.8. The zero-order valence-electron chi connectivity index (χ0n) is 18.5. The molecule has 5 rings (SSSR count). The lowest BCUT2D eigenvalue weighted by atomic mass is 9.94. The van der Waals surface area contributed by atoms with Crippen molar-refractivity contribution in [2.45, 2.75) is 25.6 Å². The van der Waals surface area contributed by atoms with Gasteiger partial charge in [-0.1, -0.05) is 41.6 Å². The van der Waals surface area contributed by atoms with Crippen LogP contribution in [0.2, 0.25) is 5.02 Å². The summed E-state index contributed by atoms with van der Waals surface area (Å²) < 4.78 is 60.5. The molecule has 1 aliphatic heterocycles. The van der Waals surface area contributed by atoms with E-state index in [1.807, 2.05) is 13.8 Å². The van der Waals surface area contributed by atoms with Crippen molar-refractivity contribution in [3.8, 4) is 40.2 Å². The van der Waals surface area contributed by atoms with Crippen LogP contribution in [0.25, 0.3) is 22.6 Å². The molecule has 0 bridgehead atoms. The fraction of sp³-hybridized carbons (Fsp3) is 0.148. The summed E-state index contributed by atoms with van der Waals surface area (Å²) in [5.74, 6) is 5.65. The van der Waals surface area contributed by atoms with E-state index in [9.17, 15) is 17.6 Å². The highest BCUT2D eigenvalue weighted by atomic mass is 35.5. The van der Waals surface area contributed by atoms with Crippen LogP contribution in [-0.2, 0) is 11.8 Å². The van der Waals surface area contributed by atoms with Crippen molar-refractivity contribution < 1.29 is 22.3 Å². The maximum absolute atomic E-state index is 14.5. The first-order chi connectivity index (χ1) is 16.5. The van der Waals surface area contributed by atoms with E-state index in [1.54, 1.807) is 24.3 Å². The Hall–Kier alpha value is -3.76. The Balaban J connectivity index is 1.57. The second-order valence-corrected chi connectivity index (χ2v) is 8.93. The quantitative estimate of drug-likeness (QED) is 0.218. The number of fused-ring (bicyclic) bond motifs is 3. The van der Waals surface area contributed by atoms with Crippen LogP contribution >= 0.6 is 11.6 Å². The lowest BCUT2D eigenvalue weighted by molar-refractivity contribution is -0.137. The number of ether oxygens (including phenoxy) is 1. The van der Waals surface area contributed by atoms with Crippen molar-refractivity contribution in [3.05, 3.63) is 93.9 Å². The minimum Gasteiger partial charge on any atom is -0.481 e. The standard InChI is InChI=1S/C27H17ClF4N2O/c1-26(2)24-23(33-25(34-24)22-19(28)8-5-9-20(22)29)17-13-11-15(14-21(17)35-26)10-12-16-6-3-4-7-18(16)27(30,31)32/h3-9,11,13-14H,1-2H3,(H,33,34). The van der Waals surface area contributed by atoms with E-state index in [1.165, 1.54) is 30.3 Å². The number of rotatable bonds is 1. The second-order valence-electron chi connectivity index (χ2n) is 8.52. The van der Waals surface area contributed by atoms with Crippen LogP contribution in [-0.4, -0.2) is 9.97 Å². The SMILES string of the molecule is CC1(C)Oc2cc(C#Cc3ccccc3C(F)(F)F)ccc2-c2nc(-c3c(F)cccc3Cl)[nH]c21. The van der Waals surface area contributed by atoms with Crippen molar-refractivity contribution in [2.75, 3.05) is 0 Å². The van der Waals surface area contributed by atoms with Gasteiger partial charge in [0.1, 0.15) is 23.0 Å². The van der Waals surface area contributed by atoms with Gasteiger partial charge >= 0.3 is 6.18 Å². The van der Waals surface area contributed by atoms with E-state index in [4.69, 9.17) is 16.3 Å². The van der Waals surface area contributed by atoms with Gasteiger partial charge in [-0.3, -0.25) is 0 Å². The molecule has 1 aliphatic rings. The third kappa shape index (κ3) is 4.15. The number of halogens is 5. The summed E-state index contributed by atoms with van der Waals surface area (Å²) >= 11 is 6.23. The van der Waals surface area contributed by atoms with Gasteiger partial charge < -0.3 is 9.72 Å². The number of aromatic nitrogens is 2. The minimum absolute atomic E-state index is 0.111. The number of nitrogens with zero attached hydrogens (tertiary/aromatic N) is 1. The molecule has 0 spiro atoms. The van der Waals surface area contributed by atoms with Gasteiger partial charge in [0, 0.05) is 16.7 Å². The van der Waals surface area contributed by atoms with Crippen molar-refractivity contribution in [1.82, 2.24) is 9.97 Å². The molecule has 0 amide bonds. The first kappa shape index (κ1) is 23.0. The molecule has 3 aromatic carbocycles. The fourth-order valence-corrected chi connectivity index (χ4v) is 4.28. The van der Waals surface area contributed by atoms with Gasteiger partial charge in [-0.25, -0.2) is 9.37 Å². The average Bonchev–Trinajstić information content (AvgIpc) is 3.23. The largest absolute Gasteiger partial charge is 0.481 e. The predicted octanol–water partition coefficient (Wildman–Crippen LogP) is 7.58. The monoisotopic (exact) mass is 496 g/mol. The maximum Gasteiger partial charge on any atom is 0.417 e. The van der Waals surface area contributed by atoms with Gasteiger partial charge in [-0.2, -0.15) is 13.2 Å². The van der Waals surface area contributed by atoms with Crippen LogP contribution in [0.15, 0.2) is 60.7 Å². The number of aromatic amines is 1. The summed E-state index contributed by atoms with van der Waals surface area (Å²) in [6.45, 7) is 3.66. The molecule has 0 saturated heterocycles. The summed E-state index contributed by atoms with van der Waals surface area (Å²) in [6.07, 6.45) is -4.50. The second kappa shape index (κ2) is 8.17. The molecule has 0 fully saturated rings. The van der Waals surface area contributed by atoms with Gasteiger partial charge in [-0.05, 0) is 56.3 Å². The Kier molecular flexibility index (Phi) is 5.37. The van der Waals surface area contributed by atoms with Gasteiger partial charge in [0.2, 0.25) is 0 Å². The number of hydrogen-bond donors (Lipinski definition) is 1. The van der Waals surface area contributed by atoms with E-state index in [0.29, 0.717) is 28.3 Å². The van der Waals surface area contributed by atoms with Crippen LogP contribution in [0.5, 0.6) is 5.75 Å². The highest BCUT2D eigenvalue weighted by Gasteiger charge is 2.37. The zero-order chi connectivity index (χ0) is 25.0. The Morgan fingerprint density at radius 3 is 2.51 bits per heavy atom. The molecule has 0 atom stereocenters. The molecule has 8 heteroatoms. The molecule has 35 heavy (non-hydrogen) atoms. The van der Waals surface area contributed by atoms with Crippen molar-refractivity contribution in [2.24, 2.45) is 0 Å². The Bertz CT molecular complexity index is 1510. The zero-order valence-corrected chi connectivity index (χ0v) is 19.3. The molecular formula is C27H17ClF4N2O. The summed E-state index contributed by atoms with van der Waals surface area (Å²) in [6, 6.07) is 14.6. The first-order valence-electron chi connectivity index (χ1n) is 10.6. The highest BCUT2D eigenvalue weighted by molar-refractivity contribution is 6.33. The summed E-state index contributed by atoms with van der Waals surface area (Å²) in [7, 11) is 0. The Morgan fingerprint density at radius 1 is 1.00 bits per heavy atom. The van der Waals surface area contributed by atoms with Crippen molar-refractivity contribution >= 4 is 11.6 Å². The molecule has 2 heterocycles. The molecule has 0 aliphatic carbocycles. The van der Waals surface area contributed by atoms with Gasteiger partial charge in [0.05, 0.1) is 27.5 Å². The topological polar surface area (TPSA) is 37.9 Å². The number of imidazole rings is 1. The molecule has 176 valence electrons. The van der Waals surface area contributed by atoms with Crippen molar-refractivity contribution in [3.63, 3.8) is 0 Å². The van der Waals surface area contributed by atoms with Crippen LogP contribution < -0.4 is 4.74 Å². The summed E-state index contributed by atoms with van der Waals surface area (Å²) in [4.78, 5) is 7.77. The van der Waals surface area contributed by atoms with E-state index >= 15 is 0 Å². The number of alkyl halides is 3. The maximum atomic E-state index is 14.5. The number of nitrogens with one attached hydrogen (secondary N) is 1. The molecule has 0 unspecified atom stereocenters. The van der Waals surface area contributed by atoms with E-state index < -0.39 is 23.2 Å². The molecule has 0 radical (unpaired) electrons. The average molecular weight is 497 g/mol. The number of H-pyrrole nitrogens is 1. The smallest absolute Gasteiger partial charge is 0.417 e. The number of benzene rings is 3. The molecule has 0 saturated carbocycles. The molecule has 4 aromatic rings. The fourth-order valence-electron chi connectivity index (χ4n) is 4.03. The first-order valence-corrected chi connectivity index (χ1v) is 11.0. The third-order valence-electron chi connectivity index (χ3n) is 5.68. The lowest BCUT2D eigenvalue weighted by Crippen LogP contribution is -2.29. The van der Waals surface area contributed by atoms with E-state index in [-0.39, 0.29) is 22.0 Å². The van der Waals surface area contributed by atoms with Crippen LogP contribution in [0, 0.1) is 17.7 Å². The predicted molar refractivity (Wildman–Crippen MR) is 126 cm³/mol. The van der Waals surface area contributed by atoms with E-state index in [0.717, 1.165) is 6.07 Å². The van der Waals surface area contributed by atoms with E-state index in [2.05, 4.69) is 21.8 Å². The molecule has 1 N–H and O–H groups in total. The highest BCUT2D eigenvalue weighted by Crippen LogP contribution is 2.45. The molecule has 1 aromatic heterocycles. The van der Waals surface area contributed by atoms with Gasteiger partial charge in [0.15, 0.2) is 0 Å². The van der Waals surface area contributed by atoms with Gasteiger partial charge in [-0.15, -0.1) is 0 Å². The van der Waals surface area contributed by atoms with Crippen LogP contribution in [0.1, 0.15) is 36.2 Å². The van der Waals surface area contributed by atoms with Crippen LogP contribution in [0.4, 0.5) is 17.6 Å². The van der Waals surface area contributed by atoms with Crippen LogP contribution in [0.3, 0.4) is 0 Å². The third-order valence-corrected chi connectivity index (χ3v) is 6.00. The summed E-state index contributed by atoms with van der Waals surface area (Å²) in [5.41, 5.74) is 0.767. The number of hydrogen-bond acceptors (Lipinski definition) is 2. The molecular weight excluding hydrogens is 480 g/mol.